The molecular formula is C25H34O2. The molecule has 0 aliphatic rings. The summed E-state index contributed by atoms with van der Waals surface area (Å²) in [7, 11) is 0. The van der Waals surface area contributed by atoms with Crippen LogP contribution >= 0.6 is 0 Å². The van der Waals surface area contributed by atoms with Crippen LogP contribution in [-0.4, -0.2) is 11.1 Å². The number of carboxylic acids is 1. The fraction of sp³-hybridized carbons (Fsp3) is 0.480. The quantitative estimate of drug-likeness (QED) is 0.670. The zero-order valence-corrected chi connectivity index (χ0v) is 18.1. The Morgan fingerprint density at radius 3 is 1.44 bits per heavy atom. The van der Waals surface area contributed by atoms with Gasteiger partial charge in [-0.05, 0) is 46.9 Å². The molecule has 0 amide bonds. The lowest BCUT2D eigenvalue weighted by atomic mass is 9.79. The highest BCUT2D eigenvalue weighted by Crippen LogP contribution is 2.35. The van der Waals surface area contributed by atoms with E-state index in [1.807, 2.05) is 0 Å². The van der Waals surface area contributed by atoms with Gasteiger partial charge in [0.05, 0.1) is 6.42 Å². The zero-order valence-electron chi connectivity index (χ0n) is 18.1. The van der Waals surface area contributed by atoms with E-state index in [9.17, 15) is 9.90 Å². The molecule has 0 saturated heterocycles. The Morgan fingerprint density at radius 1 is 0.778 bits per heavy atom. The molecule has 0 aliphatic carbocycles. The van der Waals surface area contributed by atoms with Gasteiger partial charge in [0.1, 0.15) is 0 Å². The van der Waals surface area contributed by atoms with Gasteiger partial charge >= 0.3 is 5.97 Å². The second kappa shape index (κ2) is 7.50. The van der Waals surface area contributed by atoms with Gasteiger partial charge in [-0.15, -0.1) is 0 Å². The third kappa shape index (κ3) is 5.45. The van der Waals surface area contributed by atoms with Gasteiger partial charge in [0.25, 0.3) is 0 Å². The van der Waals surface area contributed by atoms with Crippen LogP contribution < -0.4 is 0 Å². The maximum atomic E-state index is 11.7. The molecule has 0 fully saturated rings. The summed E-state index contributed by atoms with van der Waals surface area (Å²) < 4.78 is 0. The predicted octanol–water partition coefficient (Wildman–Crippen LogP) is 6.51. The van der Waals surface area contributed by atoms with Gasteiger partial charge in [0.2, 0.25) is 0 Å². The number of benzene rings is 2. The van der Waals surface area contributed by atoms with E-state index < -0.39 is 5.97 Å². The number of carbonyl (C=O) groups is 1. The largest absolute Gasteiger partial charge is 0.481 e. The van der Waals surface area contributed by atoms with Crippen LogP contribution in [0.2, 0.25) is 0 Å². The SMILES string of the molecule is Cc1cc(C(CC(=O)O)c2cc(C)cc(C(C)(C)C)c2)cc(C(C)(C)C)c1. The molecule has 2 aromatic carbocycles. The van der Waals surface area contributed by atoms with Crippen LogP contribution in [0.15, 0.2) is 36.4 Å². The Kier molecular flexibility index (Phi) is 5.89. The minimum absolute atomic E-state index is 0.0255. The van der Waals surface area contributed by atoms with E-state index in [1.54, 1.807) is 0 Å². The maximum Gasteiger partial charge on any atom is 0.304 e. The van der Waals surface area contributed by atoms with Crippen molar-refractivity contribution in [2.75, 3.05) is 0 Å². The van der Waals surface area contributed by atoms with Crippen molar-refractivity contribution >= 4 is 5.97 Å². The first kappa shape index (κ1) is 21.2. The molecule has 0 radical (unpaired) electrons. The first-order valence-corrected chi connectivity index (χ1v) is 9.73. The lowest BCUT2D eigenvalue weighted by molar-refractivity contribution is -0.137. The molecule has 0 aromatic heterocycles. The molecule has 0 heterocycles. The van der Waals surface area contributed by atoms with Crippen molar-refractivity contribution in [3.63, 3.8) is 0 Å². The molecule has 146 valence electrons. The van der Waals surface area contributed by atoms with Crippen LogP contribution in [0, 0.1) is 13.8 Å². The van der Waals surface area contributed by atoms with Gasteiger partial charge in [-0.3, -0.25) is 4.79 Å². The summed E-state index contributed by atoms with van der Waals surface area (Å²) in [6.45, 7) is 17.4. The van der Waals surface area contributed by atoms with E-state index in [-0.39, 0.29) is 23.2 Å². The van der Waals surface area contributed by atoms with Crippen LogP contribution in [0.4, 0.5) is 0 Å². The number of hydrogen-bond acceptors (Lipinski definition) is 1. The molecule has 2 nitrogen and oxygen atoms in total. The maximum absolute atomic E-state index is 11.7. The molecule has 0 aliphatic heterocycles. The molecule has 1 N–H and O–H groups in total. The summed E-state index contributed by atoms with van der Waals surface area (Å²) in [4.78, 5) is 11.7. The predicted molar refractivity (Wildman–Crippen MR) is 114 cm³/mol. The molecule has 0 saturated carbocycles. The minimum atomic E-state index is -0.766. The fourth-order valence-electron chi connectivity index (χ4n) is 3.50. The Balaban J connectivity index is 2.66. The molecule has 27 heavy (non-hydrogen) atoms. The van der Waals surface area contributed by atoms with Crippen molar-refractivity contribution in [1.29, 1.82) is 0 Å². The Bertz CT molecular complexity index is 769. The number of aliphatic carboxylic acids is 1. The highest BCUT2D eigenvalue weighted by Gasteiger charge is 2.24. The highest BCUT2D eigenvalue weighted by molar-refractivity contribution is 5.69. The first-order valence-electron chi connectivity index (χ1n) is 9.73. The van der Waals surface area contributed by atoms with E-state index in [0.29, 0.717) is 0 Å². The molecule has 2 heteroatoms. The lowest BCUT2D eigenvalue weighted by Crippen LogP contribution is -2.16. The molecule has 2 aromatic rings. The van der Waals surface area contributed by atoms with Gasteiger partial charge in [0, 0.05) is 5.92 Å². The lowest BCUT2D eigenvalue weighted by Gasteiger charge is -2.26. The van der Waals surface area contributed by atoms with Crippen LogP contribution in [0.3, 0.4) is 0 Å². The molecule has 0 atom stereocenters. The number of hydrogen-bond donors (Lipinski definition) is 1. The van der Waals surface area contributed by atoms with E-state index >= 15 is 0 Å². The Hall–Kier alpha value is -2.09. The van der Waals surface area contributed by atoms with Crippen LogP contribution in [-0.2, 0) is 15.6 Å². The molecule has 0 spiro atoms. The monoisotopic (exact) mass is 366 g/mol. The number of aryl methyl sites for hydroxylation is 2. The molecule has 0 bridgehead atoms. The van der Waals surface area contributed by atoms with E-state index in [0.717, 1.165) is 11.1 Å². The Labute approximate surface area is 164 Å². The normalized spacial score (nSPS) is 12.5. The number of rotatable bonds is 4. The standard InChI is InChI=1S/C25H34O2/c1-16-9-18(13-20(11-16)24(3,4)5)22(15-23(26)27)19-10-17(2)12-21(14-19)25(6,7)8/h9-14,22H,15H2,1-8H3,(H,26,27). The van der Waals surface area contributed by atoms with E-state index in [1.165, 1.54) is 22.3 Å². The van der Waals surface area contributed by atoms with E-state index in [2.05, 4.69) is 91.8 Å². The summed E-state index contributed by atoms with van der Waals surface area (Å²) in [5.74, 6) is -0.915. The van der Waals surface area contributed by atoms with E-state index in [4.69, 9.17) is 0 Å². The van der Waals surface area contributed by atoms with Crippen LogP contribution in [0.5, 0.6) is 0 Å². The molecular weight excluding hydrogens is 332 g/mol. The van der Waals surface area contributed by atoms with Crippen molar-refractivity contribution in [2.45, 2.75) is 78.6 Å². The summed E-state index contributed by atoms with van der Waals surface area (Å²) in [6.07, 6.45) is 0.0973. The van der Waals surface area contributed by atoms with Crippen molar-refractivity contribution in [2.24, 2.45) is 0 Å². The summed E-state index contributed by atoms with van der Waals surface area (Å²) in [6, 6.07) is 13.1. The van der Waals surface area contributed by atoms with Crippen molar-refractivity contribution in [1.82, 2.24) is 0 Å². The van der Waals surface area contributed by atoms with Crippen molar-refractivity contribution in [3.05, 3.63) is 69.8 Å². The van der Waals surface area contributed by atoms with Gasteiger partial charge in [0.15, 0.2) is 0 Å². The fourth-order valence-corrected chi connectivity index (χ4v) is 3.50. The summed E-state index contributed by atoms with van der Waals surface area (Å²) >= 11 is 0. The Morgan fingerprint density at radius 2 is 1.15 bits per heavy atom. The summed E-state index contributed by atoms with van der Waals surface area (Å²) in [5.41, 5.74) is 7.08. The van der Waals surface area contributed by atoms with Crippen LogP contribution in [0.25, 0.3) is 0 Å². The third-order valence-corrected chi connectivity index (χ3v) is 5.11. The van der Waals surface area contributed by atoms with Crippen molar-refractivity contribution in [3.8, 4) is 0 Å². The number of carboxylic acid groups (broad SMARTS) is 1. The first-order chi connectivity index (χ1) is 12.3. The highest BCUT2D eigenvalue weighted by atomic mass is 16.4. The summed E-state index contributed by atoms with van der Waals surface area (Å²) in [5, 5.41) is 9.60. The van der Waals surface area contributed by atoms with Crippen molar-refractivity contribution < 1.29 is 9.90 Å². The molecule has 2 rings (SSSR count). The average molecular weight is 367 g/mol. The zero-order chi connectivity index (χ0) is 20.6. The second-order valence-electron chi connectivity index (χ2n) is 9.92. The minimum Gasteiger partial charge on any atom is -0.481 e. The van der Waals surface area contributed by atoms with Gasteiger partial charge in [-0.1, -0.05) is 89.1 Å². The van der Waals surface area contributed by atoms with Gasteiger partial charge < -0.3 is 5.11 Å². The topological polar surface area (TPSA) is 37.3 Å². The third-order valence-electron chi connectivity index (χ3n) is 5.11. The smallest absolute Gasteiger partial charge is 0.304 e. The molecule has 0 unspecified atom stereocenters. The second-order valence-corrected chi connectivity index (χ2v) is 9.92. The van der Waals surface area contributed by atoms with Crippen LogP contribution in [0.1, 0.15) is 87.3 Å². The average Bonchev–Trinajstić information content (AvgIpc) is 2.49. The van der Waals surface area contributed by atoms with Gasteiger partial charge in [-0.25, -0.2) is 0 Å². The van der Waals surface area contributed by atoms with Gasteiger partial charge in [-0.2, -0.15) is 0 Å².